The van der Waals surface area contributed by atoms with Gasteiger partial charge in [0, 0.05) is 37.1 Å². The fraction of sp³-hybridized carbons (Fsp3) is 0.333. The number of anilines is 1. The molecule has 0 atom stereocenters. The van der Waals surface area contributed by atoms with Crippen molar-refractivity contribution in [1.29, 1.82) is 0 Å². The summed E-state index contributed by atoms with van der Waals surface area (Å²) in [5, 5.41) is -0.266. The first-order valence-electron chi connectivity index (χ1n) is 9.19. The van der Waals surface area contributed by atoms with Gasteiger partial charge in [-0.15, -0.1) is 0 Å². The summed E-state index contributed by atoms with van der Waals surface area (Å²) in [5.41, 5.74) is 5.68. The fourth-order valence-corrected chi connectivity index (χ4v) is 3.46. The highest BCUT2D eigenvalue weighted by atomic mass is 32.1. The van der Waals surface area contributed by atoms with Crippen molar-refractivity contribution in [2.24, 2.45) is 0 Å². The first-order chi connectivity index (χ1) is 13.3. The highest BCUT2D eigenvalue weighted by Crippen LogP contribution is 2.37. The predicted octanol–water partition coefficient (Wildman–Crippen LogP) is 3.39. The van der Waals surface area contributed by atoms with E-state index in [-0.39, 0.29) is 11.1 Å². The van der Waals surface area contributed by atoms with Crippen molar-refractivity contribution in [2.45, 2.75) is 13.8 Å². The van der Waals surface area contributed by atoms with Crippen LogP contribution in [0.2, 0.25) is 0 Å². The van der Waals surface area contributed by atoms with E-state index in [0.29, 0.717) is 25.3 Å². The molecule has 0 unspecified atom stereocenters. The third-order valence-corrected chi connectivity index (χ3v) is 5.31. The average Bonchev–Trinajstić information content (AvgIpc) is 3.10. The number of amides is 2. The van der Waals surface area contributed by atoms with Gasteiger partial charge < -0.3 is 9.88 Å². The van der Waals surface area contributed by atoms with Gasteiger partial charge in [-0.1, -0.05) is 30.8 Å². The van der Waals surface area contributed by atoms with Gasteiger partial charge in [0.1, 0.15) is 0 Å². The van der Waals surface area contributed by atoms with E-state index in [2.05, 4.69) is 23.7 Å². The molecule has 0 radical (unpaired) electrons. The van der Waals surface area contributed by atoms with Crippen molar-refractivity contribution in [3.05, 3.63) is 52.8 Å². The zero-order valence-electron chi connectivity index (χ0n) is 16.7. The first-order valence-corrected chi connectivity index (χ1v) is 9.64. The molecule has 1 aliphatic rings. The van der Waals surface area contributed by atoms with Crippen molar-refractivity contribution in [3.63, 3.8) is 0 Å². The molecule has 28 heavy (non-hydrogen) atoms. The van der Waals surface area contributed by atoms with Crippen molar-refractivity contribution in [2.75, 3.05) is 38.8 Å². The summed E-state index contributed by atoms with van der Waals surface area (Å²) < 4.78 is 0. The number of hydrogen-bond acceptors (Lipinski definition) is 3. The maximum Gasteiger partial charge on any atom is 0.278 e. The van der Waals surface area contributed by atoms with Crippen LogP contribution in [0.5, 0.6) is 0 Å². The van der Waals surface area contributed by atoms with Gasteiger partial charge in [0.05, 0.1) is 17.9 Å². The quantitative estimate of drug-likeness (QED) is 0.579. The van der Waals surface area contributed by atoms with E-state index in [1.54, 1.807) is 16.8 Å². The lowest BCUT2D eigenvalue weighted by atomic mass is 10.1. The number of rotatable bonds is 6. The third-order valence-electron chi connectivity index (χ3n) is 4.97. The molecular formula is C21H26N4O2S. The lowest BCUT2D eigenvalue weighted by molar-refractivity contribution is -0.113. The number of aromatic nitrogens is 1. The van der Waals surface area contributed by atoms with Crippen molar-refractivity contribution >= 4 is 41.1 Å². The lowest BCUT2D eigenvalue weighted by Crippen LogP contribution is -2.41. The number of nitrogens with one attached hydrogen (secondary N) is 1. The Hall–Kier alpha value is -2.51. The zero-order valence-corrected chi connectivity index (χ0v) is 17.6. The van der Waals surface area contributed by atoms with Crippen LogP contribution in [0.3, 0.4) is 0 Å². The van der Waals surface area contributed by atoms with Crippen LogP contribution in [-0.2, 0) is 4.79 Å². The number of aromatic amines is 1. The molecule has 7 heteroatoms. The maximum absolute atomic E-state index is 13.2. The largest absolute Gasteiger partial charge is 0.359 e. The van der Waals surface area contributed by atoms with Crippen molar-refractivity contribution in [3.8, 4) is 0 Å². The Balaban J connectivity index is 1.83. The minimum absolute atomic E-state index is 0.0154. The molecule has 6 nitrogen and oxygen atoms in total. The molecule has 0 spiro atoms. The molecule has 0 aliphatic carbocycles. The average molecular weight is 399 g/mol. The van der Waals surface area contributed by atoms with Crippen LogP contribution in [0.15, 0.2) is 30.3 Å². The molecule has 1 aromatic carbocycles. The van der Waals surface area contributed by atoms with Crippen molar-refractivity contribution < 1.29 is 9.59 Å². The molecule has 3 rings (SSSR count). The number of nitrogens with zero attached hydrogens (tertiary/aromatic N) is 3. The number of fused-ring (bicyclic) bond motifs is 1. The minimum Gasteiger partial charge on any atom is -0.359 e. The summed E-state index contributed by atoms with van der Waals surface area (Å²) >= 11 is 3.83. The monoisotopic (exact) mass is 398 g/mol. The number of likely N-dealkylation sites (N-methyl/N-ethyl adjacent to an activating group) is 2. The molecule has 0 bridgehead atoms. The Morgan fingerprint density at radius 2 is 1.93 bits per heavy atom. The second kappa shape index (κ2) is 8.24. The number of carbonyl (C=O) groups excluding carboxylic acids is 2. The SMILES string of the molecule is Cc1cc(C)c(/C=C2\C(=O)N(CN(C)CCN(C)C(=O)S)c3ccccc32)[nH]1. The highest BCUT2D eigenvalue weighted by molar-refractivity contribution is 7.96. The topological polar surface area (TPSA) is 59.7 Å². The van der Waals surface area contributed by atoms with Crippen LogP contribution in [-0.4, -0.2) is 59.8 Å². The van der Waals surface area contributed by atoms with E-state index in [1.165, 1.54) is 0 Å². The van der Waals surface area contributed by atoms with Crippen LogP contribution >= 0.6 is 12.6 Å². The van der Waals surface area contributed by atoms with Crippen molar-refractivity contribution in [1.82, 2.24) is 14.8 Å². The maximum atomic E-state index is 13.2. The number of thiol groups is 1. The Labute approximate surface area is 171 Å². The molecular weight excluding hydrogens is 372 g/mol. The van der Waals surface area contributed by atoms with Gasteiger partial charge in [0.2, 0.25) is 0 Å². The number of para-hydroxylation sites is 1. The minimum atomic E-state index is -0.266. The van der Waals surface area contributed by atoms with Gasteiger partial charge in [-0.05, 0) is 44.7 Å². The van der Waals surface area contributed by atoms with Gasteiger partial charge in [0.15, 0.2) is 0 Å². The number of aryl methyl sites for hydroxylation is 2. The molecule has 1 aliphatic heterocycles. The van der Waals surface area contributed by atoms with E-state index < -0.39 is 0 Å². The number of H-pyrrole nitrogens is 1. The van der Waals surface area contributed by atoms with Gasteiger partial charge >= 0.3 is 0 Å². The van der Waals surface area contributed by atoms with E-state index in [0.717, 1.165) is 28.2 Å². The Morgan fingerprint density at radius 1 is 1.21 bits per heavy atom. The summed E-state index contributed by atoms with van der Waals surface area (Å²) in [6, 6.07) is 9.92. The molecule has 2 heterocycles. The molecule has 0 saturated carbocycles. The van der Waals surface area contributed by atoms with Crippen LogP contribution in [0.4, 0.5) is 10.5 Å². The van der Waals surface area contributed by atoms with Crippen LogP contribution in [0, 0.1) is 13.8 Å². The smallest absolute Gasteiger partial charge is 0.278 e. The lowest BCUT2D eigenvalue weighted by Gasteiger charge is -2.26. The van der Waals surface area contributed by atoms with Crippen LogP contribution < -0.4 is 4.90 Å². The molecule has 0 fully saturated rings. The predicted molar refractivity (Wildman–Crippen MR) is 117 cm³/mol. The summed E-state index contributed by atoms with van der Waals surface area (Å²) in [5.74, 6) is -0.0154. The highest BCUT2D eigenvalue weighted by Gasteiger charge is 2.32. The number of hydrogen-bond donors (Lipinski definition) is 2. The second-order valence-corrected chi connectivity index (χ2v) is 7.67. The Bertz CT molecular complexity index is 934. The van der Waals surface area contributed by atoms with E-state index in [1.807, 2.05) is 56.1 Å². The van der Waals surface area contributed by atoms with E-state index in [4.69, 9.17) is 0 Å². The third kappa shape index (κ3) is 4.15. The molecule has 1 N–H and O–H groups in total. The van der Waals surface area contributed by atoms with E-state index in [9.17, 15) is 9.59 Å². The first kappa shape index (κ1) is 20.2. The van der Waals surface area contributed by atoms with E-state index >= 15 is 0 Å². The molecule has 2 amide bonds. The Morgan fingerprint density at radius 3 is 2.57 bits per heavy atom. The normalized spacial score (nSPS) is 14.9. The summed E-state index contributed by atoms with van der Waals surface area (Å²) in [6.45, 7) is 5.68. The summed E-state index contributed by atoms with van der Waals surface area (Å²) in [6.07, 6.45) is 1.94. The second-order valence-electron chi connectivity index (χ2n) is 7.28. The van der Waals surface area contributed by atoms with Gasteiger partial charge in [-0.3, -0.25) is 19.4 Å². The summed E-state index contributed by atoms with van der Waals surface area (Å²) in [4.78, 5) is 33.1. The van der Waals surface area contributed by atoms with Gasteiger partial charge in [0.25, 0.3) is 11.1 Å². The molecule has 1 aromatic heterocycles. The summed E-state index contributed by atoms with van der Waals surface area (Å²) in [7, 11) is 3.65. The van der Waals surface area contributed by atoms with Gasteiger partial charge in [-0.25, -0.2) is 0 Å². The fourth-order valence-electron chi connectivity index (χ4n) is 3.36. The van der Waals surface area contributed by atoms with Gasteiger partial charge in [-0.2, -0.15) is 0 Å². The van der Waals surface area contributed by atoms with Crippen LogP contribution in [0.1, 0.15) is 22.5 Å². The molecule has 0 saturated heterocycles. The molecule has 148 valence electrons. The zero-order chi connectivity index (χ0) is 20.4. The number of carbonyl (C=O) groups is 2. The molecule has 2 aromatic rings. The Kier molecular flexibility index (Phi) is 5.96. The number of benzene rings is 1. The van der Waals surface area contributed by atoms with Crippen LogP contribution in [0.25, 0.3) is 11.6 Å². The standard InChI is InChI=1S/C21H26N4O2S/c1-14-11-15(2)22-18(14)12-17-16-7-5-6-8-19(16)25(20(17)26)13-23(3)9-10-24(4)21(27)28/h5-8,11-12,22H,9-10,13H2,1-4H3,(H,27,28)/b17-12-.